The second kappa shape index (κ2) is 8.50. The van der Waals surface area contributed by atoms with Gasteiger partial charge in [-0.15, -0.1) is 0 Å². The molecule has 0 fully saturated rings. The van der Waals surface area contributed by atoms with Crippen LogP contribution in [0.4, 0.5) is 0 Å². The third kappa shape index (κ3) is 3.90. The largest absolute Gasteiger partial charge is 0.497 e. The lowest BCUT2D eigenvalue weighted by molar-refractivity contribution is 0.0950. The molecule has 0 saturated carbocycles. The number of hydrogen-bond donors (Lipinski definition) is 1. The van der Waals surface area contributed by atoms with Gasteiger partial charge in [0, 0.05) is 19.8 Å². The quantitative estimate of drug-likeness (QED) is 0.524. The summed E-state index contributed by atoms with van der Waals surface area (Å²) >= 11 is 0. The van der Waals surface area contributed by atoms with E-state index < -0.39 is 11.2 Å². The van der Waals surface area contributed by atoms with Gasteiger partial charge in [-0.2, -0.15) is 0 Å². The molecular weight excluding hydrogens is 408 g/mol. The Hall–Kier alpha value is -4.20. The number of aromatic nitrogens is 3. The first kappa shape index (κ1) is 21.0. The van der Waals surface area contributed by atoms with E-state index in [2.05, 4.69) is 10.3 Å². The lowest BCUT2D eigenvalue weighted by Gasteiger charge is -2.13. The lowest BCUT2D eigenvalue weighted by Crippen LogP contribution is -2.38. The Labute approximate surface area is 183 Å². The number of aryl methyl sites for hydroxylation is 1. The van der Waals surface area contributed by atoms with E-state index in [9.17, 15) is 14.4 Å². The van der Waals surface area contributed by atoms with Crippen LogP contribution < -0.4 is 21.3 Å². The fourth-order valence-corrected chi connectivity index (χ4v) is 3.38. The standard InChI is InChI=1S/C24H22N4O4/c1-15-4-6-16(7-5-15)13-26-22(29)17-12-20-21(25-14-17)28(24(31)27(2)23(20)30)18-8-10-19(32-3)11-9-18/h4-12,14H,13H2,1-3H3,(H,26,29). The van der Waals surface area contributed by atoms with Gasteiger partial charge in [0.1, 0.15) is 5.75 Å². The van der Waals surface area contributed by atoms with Gasteiger partial charge in [0.25, 0.3) is 11.5 Å². The van der Waals surface area contributed by atoms with E-state index in [1.165, 1.54) is 23.9 Å². The number of carbonyl (C=O) groups excluding carboxylic acids is 1. The van der Waals surface area contributed by atoms with Crippen molar-refractivity contribution in [1.29, 1.82) is 0 Å². The Morgan fingerprint density at radius 1 is 1.06 bits per heavy atom. The molecule has 0 aliphatic carbocycles. The van der Waals surface area contributed by atoms with Crippen molar-refractivity contribution < 1.29 is 9.53 Å². The van der Waals surface area contributed by atoms with Crippen LogP contribution in [0, 0.1) is 6.92 Å². The van der Waals surface area contributed by atoms with Gasteiger partial charge in [0.15, 0.2) is 5.65 Å². The topological polar surface area (TPSA) is 95.2 Å². The average Bonchev–Trinajstić information content (AvgIpc) is 2.82. The highest BCUT2D eigenvalue weighted by Crippen LogP contribution is 2.17. The van der Waals surface area contributed by atoms with E-state index in [0.717, 1.165) is 15.7 Å². The molecule has 0 aliphatic heterocycles. The summed E-state index contributed by atoms with van der Waals surface area (Å²) in [6.07, 6.45) is 1.37. The van der Waals surface area contributed by atoms with Crippen LogP contribution in [0.15, 0.2) is 70.4 Å². The molecule has 0 spiro atoms. The van der Waals surface area contributed by atoms with Crippen molar-refractivity contribution >= 4 is 16.9 Å². The Morgan fingerprint density at radius 2 is 1.75 bits per heavy atom. The van der Waals surface area contributed by atoms with Crippen LogP contribution >= 0.6 is 0 Å². The third-order valence-electron chi connectivity index (χ3n) is 5.26. The number of benzene rings is 2. The molecule has 2 heterocycles. The van der Waals surface area contributed by atoms with E-state index in [1.807, 2.05) is 31.2 Å². The van der Waals surface area contributed by atoms with Gasteiger partial charge in [-0.25, -0.2) is 14.3 Å². The molecule has 4 aromatic rings. The third-order valence-corrected chi connectivity index (χ3v) is 5.26. The molecule has 0 unspecified atom stereocenters. The molecule has 0 saturated heterocycles. The number of hydrogen-bond acceptors (Lipinski definition) is 5. The van der Waals surface area contributed by atoms with Gasteiger partial charge in [-0.05, 0) is 42.8 Å². The molecule has 8 nitrogen and oxygen atoms in total. The fourth-order valence-electron chi connectivity index (χ4n) is 3.38. The summed E-state index contributed by atoms with van der Waals surface area (Å²) in [6, 6.07) is 16.1. The highest BCUT2D eigenvalue weighted by Gasteiger charge is 2.16. The van der Waals surface area contributed by atoms with E-state index >= 15 is 0 Å². The molecule has 4 rings (SSSR count). The number of methoxy groups -OCH3 is 1. The molecule has 8 heteroatoms. The molecule has 2 aromatic heterocycles. The summed E-state index contributed by atoms with van der Waals surface area (Å²) < 4.78 is 7.51. The van der Waals surface area contributed by atoms with Crippen molar-refractivity contribution in [2.75, 3.05) is 7.11 Å². The maximum Gasteiger partial charge on any atom is 0.337 e. The monoisotopic (exact) mass is 430 g/mol. The van der Waals surface area contributed by atoms with Gasteiger partial charge in [-0.3, -0.25) is 14.2 Å². The van der Waals surface area contributed by atoms with Crippen LogP contribution in [-0.2, 0) is 13.6 Å². The summed E-state index contributed by atoms with van der Waals surface area (Å²) in [5.41, 5.74) is 1.99. The van der Waals surface area contributed by atoms with Crippen LogP contribution in [0.3, 0.4) is 0 Å². The van der Waals surface area contributed by atoms with Gasteiger partial charge in [0.2, 0.25) is 0 Å². The zero-order chi connectivity index (χ0) is 22.8. The van der Waals surface area contributed by atoms with E-state index in [0.29, 0.717) is 18.0 Å². The van der Waals surface area contributed by atoms with E-state index in [4.69, 9.17) is 4.74 Å². The Balaban J connectivity index is 1.73. The second-order valence-corrected chi connectivity index (χ2v) is 7.44. The number of rotatable bonds is 5. The smallest absolute Gasteiger partial charge is 0.337 e. The molecule has 0 bridgehead atoms. The van der Waals surface area contributed by atoms with Gasteiger partial charge < -0.3 is 10.1 Å². The van der Waals surface area contributed by atoms with Gasteiger partial charge in [0.05, 0.1) is 23.7 Å². The average molecular weight is 430 g/mol. The molecule has 2 aromatic carbocycles. The lowest BCUT2D eigenvalue weighted by atomic mass is 10.1. The number of nitrogens with one attached hydrogen (secondary N) is 1. The van der Waals surface area contributed by atoms with E-state index in [-0.39, 0.29) is 22.5 Å². The van der Waals surface area contributed by atoms with Crippen molar-refractivity contribution in [1.82, 2.24) is 19.4 Å². The fraction of sp³-hybridized carbons (Fsp3) is 0.167. The Kier molecular flexibility index (Phi) is 5.59. The molecule has 1 amide bonds. The van der Waals surface area contributed by atoms with Crippen molar-refractivity contribution in [3.05, 3.63) is 98.3 Å². The molecule has 0 atom stereocenters. The van der Waals surface area contributed by atoms with Crippen LogP contribution in [0.2, 0.25) is 0 Å². The van der Waals surface area contributed by atoms with Gasteiger partial charge >= 0.3 is 5.69 Å². The van der Waals surface area contributed by atoms with Crippen molar-refractivity contribution in [2.45, 2.75) is 13.5 Å². The summed E-state index contributed by atoms with van der Waals surface area (Å²) in [7, 11) is 2.95. The first-order chi connectivity index (χ1) is 15.4. The molecule has 0 radical (unpaired) electrons. The molecule has 1 N–H and O–H groups in total. The SMILES string of the molecule is COc1ccc(-n2c(=O)n(C)c(=O)c3cc(C(=O)NCc4ccc(C)cc4)cnc32)cc1. The summed E-state index contributed by atoms with van der Waals surface area (Å²) in [6.45, 7) is 2.34. The van der Waals surface area contributed by atoms with Crippen molar-refractivity contribution in [2.24, 2.45) is 7.05 Å². The minimum absolute atomic E-state index is 0.172. The highest BCUT2D eigenvalue weighted by atomic mass is 16.5. The maximum absolute atomic E-state index is 12.8. The summed E-state index contributed by atoms with van der Waals surface area (Å²) in [5, 5.41) is 3.01. The van der Waals surface area contributed by atoms with Crippen molar-refractivity contribution in [3.63, 3.8) is 0 Å². The predicted octanol–water partition coefficient (Wildman–Crippen LogP) is 2.33. The summed E-state index contributed by atoms with van der Waals surface area (Å²) in [5.74, 6) is 0.278. The molecule has 32 heavy (non-hydrogen) atoms. The first-order valence-electron chi connectivity index (χ1n) is 9.99. The summed E-state index contributed by atoms with van der Waals surface area (Å²) in [4.78, 5) is 42.6. The zero-order valence-corrected chi connectivity index (χ0v) is 18.0. The number of fused-ring (bicyclic) bond motifs is 1. The second-order valence-electron chi connectivity index (χ2n) is 7.44. The van der Waals surface area contributed by atoms with E-state index in [1.54, 1.807) is 31.4 Å². The Morgan fingerprint density at radius 3 is 2.41 bits per heavy atom. The van der Waals surface area contributed by atoms with Gasteiger partial charge in [-0.1, -0.05) is 29.8 Å². The van der Waals surface area contributed by atoms with Crippen LogP contribution in [-0.4, -0.2) is 27.1 Å². The Bertz CT molecular complexity index is 1420. The van der Waals surface area contributed by atoms with Crippen LogP contribution in [0.25, 0.3) is 16.7 Å². The van der Waals surface area contributed by atoms with Crippen LogP contribution in [0.1, 0.15) is 21.5 Å². The zero-order valence-electron chi connectivity index (χ0n) is 18.0. The normalized spacial score (nSPS) is 10.8. The maximum atomic E-state index is 12.8. The van der Waals surface area contributed by atoms with Crippen LogP contribution in [0.5, 0.6) is 5.75 Å². The molecular formula is C24H22N4O4. The molecule has 162 valence electrons. The predicted molar refractivity (Wildman–Crippen MR) is 121 cm³/mol. The number of amides is 1. The minimum Gasteiger partial charge on any atom is -0.497 e. The number of ether oxygens (including phenoxy) is 1. The molecule has 0 aliphatic rings. The first-order valence-corrected chi connectivity index (χ1v) is 9.99. The van der Waals surface area contributed by atoms with Crippen molar-refractivity contribution in [3.8, 4) is 11.4 Å². The minimum atomic E-state index is -0.531. The number of pyridine rings is 1. The highest BCUT2D eigenvalue weighted by molar-refractivity contribution is 5.96. The number of nitrogens with zero attached hydrogens (tertiary/aromatic N) is 3. The number of carbonyl (C=O) groups is 1.